The van der Waals surface area contributed by atoms with Crippen LogP contribution in [-0.2, 0) is 19.4 Å². The van der Waals surface area contributed by atoms with Gasteiger partial charge in [-0.05, 0) is 24.5 Å². The van der Waals surface area contributed by atoms with Gasteiger partial charge in [0.1, 0.15) is 18.2 Å². The van der Waals surface area contributed by atoms with E-state index in [1.165, 1.54) is 0 Å². The summed E-state index contributed by atoms with van der Waals surface area (Å²) in [6.45, 7) is 3.61. The van der Waals surface area contributed by atoms with Crippen LogP contribution in [0, 0.1) is 11.3 Å². The second kappa shape index (κ2) is 6.73. The lowest BCUT2D eigenvalue weighted by atomic mass is 10.0. The molecule has 6 nitrogen and oxygen atoms in total. The number of hydrogen-bond donors (Lipinski definition) is 1. The van der Waals surface area contributed by atoms with Gasteiger partial charge in [-0.3, -0.25) is 9.59 Å². The van der Waals surface area contributed by atoms with E-state index in [-0.39, 0.29) is 17.9 Å². The van der Waals surface area contributed by atoms with Crippen molar-refractivity contribution in [3.63, 3.8) is 0 Å². The molecule has 0 saturated heterocycles. The van der Waals surface area contributed by atoms with E-state index in [1.54, 1.807) is 6.20 Å². The van der Waals surface area contributed by atoms with Crippen molar-refractivity contribution in [2.45, 2.75) is 33.2 Å². The molecule has 0 fully saturated rings. The first kappa shape index (κ1) is 16.7. The van der Waals surface area contributed by atoms with Gasteiger partial charge in [-0.1, -0.05) is 32.0 Å². The molecule has 2 aromatic heterocycles. The average molecular weight is 334 g/mol. The van der Waals surface area contributed by atoms with Gasteiger partial charge in [-0.15, -0.1) is 0 Å². The number of aromatic nitrogens is 3. The van der Waals surface area contributed by atoms with Crippen molar-refractivity contribution >= 4 is 16.7 Å². The Balaban J connectivity index is 2.05. The van der Waals surface area contributed by atoms with Gasteiger partial charge in [0.15, 0.2) is 5.78 Å². The molecule has 0 aliphatic carbocycles. The van der Waals surface area contributed by atoms with Gasteiger partial charge in [0, 0.05) is 22.7 Å². The topological polar surface area (TPSA) is 91.5 Å². The standard InChI is InChI=1S/C19H18N4O2/c1-3-12-14(9-20)19(25)23(22-16(12)4-2)11-18(24)15-10-21-17-8-6-5-7-13(15)17/h5-8,10,21H,3-4,11H2,1-2H3. The van der Waals surface area contributed by atoms with Crippen LogP contribution in [0.5, 0.6) is 0 Å². The molecule has 0 bridgehead atoms. The zero-order chi connectivity index (χ0) is 18.0. The van der Waals surface area contributed by atoms with Crippen molar-refractivity contribution < 1.29 is 4.79 Å². The fourth-order valence-corrected chi connectivity index (χ4v) is 3.06. The second-order valence-corrected chi connectivity index (χ2v) is 5.75. The fourth-order valence-electron chi connectivity index (χ4n) is 3.06. The van der Waals surface area contributed by atoms with E-state index in [4.69, 9.17) is 0 Å². The highest BCUT2D eigenvalue weighted by atomic mass is 16.1. The van der Waals surface area contributed by atoms with Crippen molar-refractivity contribution in [3.8, 4) is 6.07 Å². The number of carbonyl (C=O) groups excluding carboxylic acids is 1. The number of nitrogens with zero attached hydrogens (tertiary/aromatic N) is 3. The quantitative estimate of drug-likeness (QED) is 0.726. The second-order valence-electron chi connectivity index (χ2n) is 5.75. The van der Waals surface area contributed by atoms with Gasteiger partial charge in [-0.2, -0.15) is 10.4 Å². The van der Waals surface area contributed by atoms with Gasteiger partial charge >= 0.3 is 0 Å². The molecule has 0 unspecified atom stereocenters. The summed E-state index contributed by atoms with van der Waals surface area (Å²) < 4.78 is 1.11. The number of benzene rings is 1. The van der Waals surface area contributed by atoms with E-state index in [0.717, 1.165) is 15.6 Å². The number of fused-ring (bicyclic) bond motifs is 1. The lowest BCUT2D eigenvalue weighted by Crippen LogP contribution is -2.31. The number of hydrogen-bond acceptors (Lipinski definition) is 4. The number of carbonyl (C=O) groups is 1. The molecule has 6 heteroatoms. The Morgan fingerprint density at radius 2 is 2.04 bits per heavy atom. The van der Waals surface area contributed by atoms with Gasteiger partial charge < -0.3 is 4.98 Å². The predicted molar refractivity (Wildman–Crippen MR) is 94.6 cm³/mol. The molecule has 0 aliphatic rings. The lowest BCUT2D eigenvalue weighted by molar-refractivity contribution is 0.0967. The summed E-state index contributed by atoms with van der Waals surface area (Å²) in [5.41, 5.74) is 2.31. The largest absolute Gasteiger partial charge is 0.360 e. The predicted octanol–water partition coefficient (Wildman–Crippen LogP) is 2.60. The highest BCUT2D eigenvalue weighted by Gasteiger charge is 2.18. The third kappa shape index (κ3) is 2.85. The molecular formula is C19H18N4O2. The Morgan fingerprint density at radius 3 is 2.72 bits per heavy atom. The van der Waals surface area contributed by atoms with Crippen LogP contribution in [0.2, 0.25) is 0 Å². The molecule has 3 rings (SSSR count). The molecule has 0 aliphatic heterocycles. The Bertz CT molecular complexity index is 1050. The summed E-state index contributed by atoms with van der Waals surface area (Å²) in [7, 11) is 0. The van der Waals surface area contributed by atoms with Crippen LogP contribution in [0.4, 0.5) is 0 Å². The lowest BCUT2D eigenvalue weighted by Gasteiger charge is -2.11. The molecule has 0 spiro atoms. The highest BCUT2D eigenvalue weighted by Crippen LogP contribution is 2.18. The van der Waals surface area contributed by atoms with Crippen molar-refractivity contribution in [2.24, 2.45) is 0 Å². The number of aromatic amines is 1. The van der Waals surface area contributed by atoms with Crippen LogP contribution in [0.1, 0.15) is 41.0 Å². The molecule has 0 amide bonds. The third-order valence-electron chi connectivity index (χ3n) is 4.32. The summed E-state index contributed by atoms with van der Waals surface area (Å²) >= 11 is 0. The van der Waals surface area contributed by atoms with E-state index in [0.29, 0.717) is 29.7 Å². The monoisotopic (exact) mass is 334 g/mol. The minimum absolute atomic E-state index is 0.0843. The van der Waals surface area contributed by atoms with E-state index in [9.17, 15) is 14.9 Å². The van der Waals surface area contributed by atoms with Gasteiger partial charge in [0.05, 0.1) is 5.69 Å². The van der Waals surface area contributed by atoms with Gasteiger partial charge in [-0.25, -0.2) is 4.68 Å². The van der Waals surface area contributed by atoms with E-state index < -0.39 is 5.56 Å². The van der Waals surface area contributed by atoms with Crippen molar-refractivity contribution in [3.05, 3.63) is 63.2 Å². The van der Waals surface area contributed by atoms with Gasteiger partial charge in [0.25, 0.3) is 5.56 Å². The first-order chi connectivity index (χ1) is 12.1. The Hall–Kier alpha value is -3.20. The van der Waals surface area contributed by atoms with E-state index >= 15 is 0 Å². The highest BCUT2D eigenvalue weighted by molar-refractivity contribution is 6.07. The number of para-hydroxylation sites is 1. The molecule has 2 heterocycles. The summed E-state index contributed by atoms with van der Waals surface area (Å²) in [5, 5.41) is 14.5. The van der Waals surface area contributed by atoms with Crippen molar-refractivity contribution in [1.82, 2.24) is 14.8 Å². The molecule has 3 aromatic rings. The Kier molecular flexibility index (Phi) is 4.48. The fraction of sp³-hybridized carbons (Fsp3) is 0.263. The van der Waals surface area contributed by atoms with Crippen LogP contribution >= 0.6 is 0 Å². The van der Waals surface area contributed by atoms with Crippen molar-refractivity contribution in [2.75, 3.05) is 0 Å². The number of nitriles is 1. The third-order valence-corrected chi connectivity index (χ3v) is 4.32. The summed E-state index contributed by atoms with van der Waals surface area (Å²) in [6, 6.07) is 9.46. The van der Waals surface area contributed by atoms with Gasteiger partial charge in [0.2, 0.25) is 0 Å². The first-order valence-electron chi connectivity index (χ1n) is 8.22. The molecular weight excluding hydrogens is 316 g/mol. The average Bonchev–Trinajstić information content (AvgIpc) is 3.06. The van der Waals surface area contributed by atoms with Crippen LogP contribution in [0.3, 0.4) is 0 Å². The maximum atomic E-state index is 12.7. The maximum Gasteiger partial charge on any atom is 0.285 e. The minimum Gasteiger partial charge on any atom is -0.360 e. The van der Waals surface area contributed by atoms with Crippen LogP contribution in [0.15, 0.2) is 35.3 Å². The maximum absolute atomic E-state index is 12.7. The number of nitrogens with one attached hydrogen (secondary N) is 1. The number of Topliss-reactive ketones (excluding diaryl/α,β-unsaturated/α-hetero) is 1. The van der Waals surface area contributed by atoms with Crippen LogP contribution in [0.25, 0.3) is 10.9 Å². The number of rotatable bonds is 5. The summed E-state index contributed by atoms with van der Waals surface area (Å²) in [6.07, 6.45) is 2.80. The molecule has 126 valence electrons. The van der Waals surface area contributed by atoms with Crippen LogP contribution in [-0.4, -0.2) is 20.5 Å². The Labute approximate surface area is 144 Å². The molecule has 1 N–H and O–H groups in total. The van der Waals surface area contributed by atoms with Crippen molar-refractivity contribution in [1.29, 1.82) is 5.26 Å². The number of H-pyrrole nitrogens is 1. The molecule has 0 saturated carbocycles. The van der Waals surface area contributed by atoms with E-state index in [2.05, 4.69) is 10.1 Å². The summed E-state index contributed by atoms with van der Waals surface area (Å²) in [4.78, 5) is 28.3. The smallest absolute Gasteiger partial charge is 0.285 e. The SMILES string of the molecule is CCc1nn(CC(=O)c2c[nH]c3ccccc23)c(=O)c(C#N)c1CC. The summed E-state index contributed by atoms with van der Waals surface area (Å²) in [5.74, 6) is -0.220. The minimum atomic E-state index is -0.509. The van der Waals surface area contributed by atoms with Crippen LogP contribution < -0.4 is 5.56 Å². The number of ketones is 1. The zero-order valence-electron chi connectivity index (χ0n) is 14.2. The zero-order valence-corrected chi connectivity index (χ0v) is 14.2. The molecule has 1 aromatic carbocycles. The van der Waals surface area contributed by atoms with E-state index in [1.807, 2.05) is 44.2 Å². The first-order valence-corrected chi connectivity index (χ1v) is 8.22. The molecule has 25 heavy (non-hydrogen) atoms. The number of aryl methyl sites for hydroxylation is 1. The molecule has 0 radical (unpaired) electrons. The Morgan fingerprint density at radius 1 is 1.28 bits per heavy atom. The molecule has 0 atom stereocenters. The normalized spacial score (nSPS) is 10.8.